The molecule has 0 aliphatic carbocycles. The molecule has 0 saturated carbocycles. The first kappa shape index (κ1) is 19.6. The summed E-state index contributed by atoms with van der Waals surface area (Å²) in [4.78, 5) is 13.9. The molecule has 0 bridgehead atoms. The first-order valence-corrected chi connectivity index (χ1v) is 7.93. The highest BCUT2D eigenvalue weighted by Crippen LogP contribution is 2.34. The number of rotatable bonds is 3. The van der Waals surface area contributed by atoms with Gasteiger partial charge in [0.1, 0.15) is 0 Å². The summed E-state index contributed by atoms with van der Waals surface area (Å²) >= 11 is 0. The molecule has 2 fully saturated rings. The van der Waals surface area contributed by atoms with Crippen LogP contribution < -0.4 is 5.32 Å². The van der Waals surface area contributed by atoms with E-state index >= 15 is 0 Å². The van der Waals surface area contributed by atoms with Gasteiger partial charge in [-0.25, -0.2) is 0 Å². The predicted molar refractivity (Wildman–Crippen MR) is 82.0 cm³/mol. The van der Waals surface area contributed by atoms with Crippen LogP contribution in [-0.2, 0) is 4.79 Å². The second kappa shape index (κ2) is 8.39. The van der Waals surface area contributed by atoms with Crippen molar-refractivity contribution in [1.82, 2.24) is 10.2 Å². The van der Waals surface area contributed by atoms with Gasteiger partial charge in [0, 0.05) is 19.5 Å². The number of alkyl halides is 3. The molecular weight excluding hydrogens is 317 g/mol. The van der Waals surface area contributed by atoms with Gasteiger partial charge in [0.15, 0.2) is 0 Å². The van der Waals surface area contributed by atoms with Crippen LogP contribution in [0.1, 0.15) is 39.0 Å². The Kier molecular flexibility index (Phi) is 7.46. The summed E-state index contributed by atoms with van der Waals surface area (Å²) in [5.41, 5.74) is 0. The third kappa shape index (κ3) is 5.30. The fraction of sp³-hybridized carbons (Fsp3) is 0.933. The first-order valence-electron chi connectivity index (χ1n) is 7.93. The maximum atomic E-state index is 12.6. The lowest BCUT2D eigenvalue weighted by Gasteiger charge is -2.34. The quantitative estimate of drug-likeness (QED) is 0.854. The summed E-state index contributed by atoms with van der Waals surface area (Å²) < 4.78 is 37.8. The van der Waals surface area contributed by atoms with Crippen LogP contribution in [0.15, 0.2) is 0 Å². The monoisotopic (exact) mass is 342 g/mol. The number of nitrogens with one attached hydrogen (secondary N) is 1. The Bertz CT molecular complexity index is 351. The minimum absolute atomic E-state index is 0. The molecule has 0 spiro atoms. The van der Waals surface area contributed by atoms with Gasteiger partial charge in [-0.2, -0.15) is 13.2 Å². The molecule has 1 unspecified atom stereocenters. The third-order valence-corrected chi connectivity index (χ3v) is 5.00. The minimum atomic E-state index is -4.11. The molecule has 3 nitrogen and oxygen atoms in total. The second-order valence-corrected chi connectivity index (χ2v) is 6.47. The smallest absolute Gasteiger partial charge is 0.343 e. The molecule has 130 valence electrons. The Morgan fingerprint density at radius 3 is 2.23 bits per heavy atom. The SMILES string of the molecule is CC(CC(=O)N1CCC(C(F)(F)F)CC1)C1CCNCC1.Cl. The predicted octanol–water partition coefficient (Wildman–Crippen LogP) is 3.23. The van der Waals surface area contributed by atoms with Crippen molar-refractivity contribution in [2.45, 2.75) is 45.2 Å². The van der Waals surface area contributed by atoms with Gasteiger partial charge >= 0.3 is 6.18 Å². The van der Waals surface area contributed by atoms with Crippen molar-refractivity contribution in [3.8, 4) is 0 Å². The molecule has 0 radical (unpaired) electrons. The van der Waals surface area contributed by atoms with Crippen LogP contribution >= 0.6 is 12.4 Å². The van der Waals surface area contributed by atoms with Gasteiger partial charge in [0.25, 0.3) is 0 Å². The maximum Gasteiger partial charge on any atom is 0.391 e. The van der Waals surface area contributed by atoms with Gasteiger partial charge in [0.05, 0.1) is 5.92 Å². The molecule has 2 heterocycles. The normalized spacial score (nSPS) is 23.0. The molecule has 2 rings (SSSR count). The summed E-state index contributed by atoms with van der Waals surface area (Å²) in [5.74, 6) is -0.326. The average molecular weight is 343 g/mol. The van der Waals surface area contributed by atoms with Crippen LogP contribution in [0.25, 0.3) is 0 Å². The van der Waals surface area contributed by atoms with E-state index in [1.54, 1.807) is 4.90 Å². The van der Waals surface area contributed by atoms with E-state index in [-0.39, 0.29) is 44.2 Å². The lowest BCUT2D eigenvalue weighted by Crippen LogP contribution is -2.43. The van der Waals surface area contributed by atoms with Gasteiger partial charge in [-0.15, -0.1) is 12.4 Å². The standard InChI is InChI=1S/C15H25F3N2O.ClH/c1-11(12-2-6-19-7-3-12)10-14(21)20-8-4-13(5-9-20)15(16,17)18;/h11-13,19H,2-10H2,1H3;1H. The zero-order valence-corrected chi connectivity index (χ0v) is 13.8. The van der Waals surface area contributed by atoms with Crippen molar-refractivity contribution >= 4 is 18.3 Å². The van der Waals surface area contributed by atoms with Crippen LogP contribution in [0.3, 0.4) is 0 Å². The maximum absolute atomic E-state index is 12.6. The summed E-state index contributed by atoms with van der Waals surface area (Å²) in [5, 5.41) is 3.30. The lowest BCUT2D eigenvalue weighted by atomic mass is 9.83. The number of amides is 1. The van der Waals surface area contributed by atoms with E-state index in [2.05, 4.69) is 12.2 Å². The Hall–Kier alpha value is -0.490. The zero-order valence-electron chi connectivity index (χ0n) is 13.0. The van der Waals surface area contributed by atoms with Crippen LogP contribution in [-0.4, -0.2) is 43.2 Å². The topological polar surface area (TPSA) is 32.3 Å². The Morgan fingerprint density at radius 1 is 1.18 bits per heavy atom. The second-order valence-electron chi connectivity index (χ2n) is 6.47. The fourth-order valence-electron chi connectivity index (χ4n) is 3.44. The van der Waals surface area contributed by atoms with Gasteiger partial charge in [0.2, 0.25) is 5.91 Å². The van der Waals surface area contributed by atoms with Gasteiger partial charge < -0.3 is 10.2 Å². The molecular formula is C15H26ClF3N2O. The van der Waals surface area contributed by atoms with E-state index in [0.717, 1.165) is 25.9 Å². The van der Waals surface area contributed by atoms with E-state index in [1.807, 2.05) is 0 Å². The van der Waals surface area contributed by atoms with E-state index < -0.39 is 12.1 Å². The third-order valence-electron chi connectivity index (χ3n) is 5.00. The highest BCUT2D eigenvalue weighted by molar-refractivity contribution is 5.85. The zero-order chi connectivity index (χ0) is 15.5. The van der Waals surface area contributed by atoms with Crippen molar-refractivity contribution in [2.75, 3.05) is 26.2 Å². The number of halogens is 4. The molecule has 2 aliphatic rings. The number of likely N-dealkylation sites (tertiary alicyclic amines) is 1. The van der Waals surface area contributed by atoms with Crippen molar-refractivity contribution in [3.05, 3.63) is 0 Å². The number of hydrogen-bond acceptors (Lipinski definition) is 2. The molecule has 1 amide bonds. The summed E-state index contributed by atoms with van der Waals surface area (Å²) in [6, 6.07) is 0. The Labute approximate surface area is 136 Å². The average Bonchev–Trinajstić information content (AvgIpc) is 2.47. The van der Waals surface area contributed by atoms with Gasteiger partial charge in [-0.3, -0.25) is 4.79 Å². The number of nitrogens with zero attached hydrogens (tertiary/aromatic N) is 1. The van der Waals surface area contributed by atoms with E-state index in [1.165, 1.54) is 0 Å². The molecule has 1 N–H and O–H groups in total. The molecule has 2 saturated heterocycles. The van der Waals surface area contributed by atoms with Crippen LogP contribution in [0.5, 0.6) is 0 Å². The molecule has 1 atom stereocenters. The summed E-state index contributed by atoms with van der Waals surface area (Å²) in [6.45, 7) is 4.60. The van der Waals surface area contributed by atoms with E-state index in [4.69, 9.17) is 0 Å². The van der Waals surface area contributed by atoms with Crippen LogP contribution in [0, 0.1) is 17.8 Å². The Morgan fingerprint density at radius 2 is 1.73 bits per heavy atom. The Balaban J connectivity index is 0.00000242. The molecule has 0 aromatic heterocycles. The minimum Gasteiger partial charge on any atom is -0.343 e. The summed E-state index contributed by atoms with van der Waals surface area (Å²) in [6.07, 6.45) is -1.36. The van der Waals surface area contributed by atoms with E-state index in [9.17, 15) is 18.0 Å². The van der Waals surface area contributed by atoms with Gasteiger partial charge in [-0.1, -0.05) is 6.92 Å². The molecule has 2 aliphatic heterocycles. The highest BCUT2D eigenvalue weighted by atomic mass is 35.5. The number of carbonyl (C=O) groups excluding carboxylic acids is 1. The first-order chi connectivity index (χ1) is 9.88. The fourth-order valence-corrected chi connectivity index (χ4v) is 3.44. The molecule has 0 aromatic rings. The number of carbonyl (C=O) groups is 1. The van der Waals surface area contributed by atoms with Crippen molar-refractivity contribution in [3.63, 3.8) is 0 Å². The van der Waals surface area contributed by atoms with E-state index in [0.29, 0.717) is 18.3 Å². The molecule has 7 heteroatoms. The van der Waals surface area contributed by atoms with Crippen molar-refractivity contribution in [2.24, 2.45) is 17.8 Å². The lowest BCUT2D eigenvalue weighted by molar-refractivity contribution is -0.186. The van der Waals surface area contributed by atoms with Gasteiger partial charge in [-0.05, 0) is 50.6 Å². The highest BCUT2D eigenvalue weighted by Gasteiger charge is 2.41. The number of hydrogen-bond donors (Lipinski definition) is 1. The molecule has 0 aromatic carbocycles. The van der Waals surface area contributed by atoms with Crippen molar-refractivity contribution < 1.29 is 18.0 Å². The van der Waals surface area contributed by atoms with Crippen molar-refractivity contribution in [1.29, 1.82) is 0 Å². The van der Waals surface area contributed by atoms with Crippen LogP contribution in [0.2, 0.25) is 0 Å². The number of piperidine rings is 2. The molecule has 22 heavy (non-hydrogen) atoms. The largest absolute Gasteiger partial charge is 0.391 e. The van der Waals surface area contributed by atoms with Crippen LogP contribution in [0.4, 0.5) is 13.2 Å². The summed E-state index contributed by atoms with van der Waals surface area (Å²) in [7, 11) is 0.